The number of nitrogens with zero attached hydrogens (tertiary/aromatic N) is 3. The van der Waals surface area contributed by atoms with E-state index in [-0.39, 0.29) is 33.8 Å². The van der Waals surface area contributed by atoms with E-state index in [2.05, 4.69) is 11.1 Å². The lowest BCUT2D eigenvalue weighted by Crippen LogP contribution is -2.31. The zero-order chi connectivity index (χ0) is 29.8. The van der Waals surface area contributed by atoms with Gasteiger partial charge in [0.2, 0.25) is 17.6 Å². The van der Waals surface area contributed by atoms with Gasteiger partial charge in [-0.1, -0.05) is 59.2 Å². The van der Waals surface area contributed by atoms with Crippen LogP contribution in [0, 0.1) is 11.3 Å². The van der Waals surface area contributed by atoms with Crippen molar-refractivity contribution in [3.63, 3.8) is 0 Å². The van der Waals surface area contributed by atoms with Crippen molar-refractivity contribution in [1.29, 1.82) is 5.26 Å². The standard InChI is InChI=1S/C31H19Cl2N3O5S/c32-21-10-5-18(6-11-21)25-14-9-20(16-34)29(35-25)42-27-15-28(38)36(30(27)39)22-12-7-19(8-13-22)31(40)41-17-26(37)23-3-1-2-4-24(23)33/h1-14,27H,15,17H2. The number of aromatic nitrogens is 1. The van der Waals surface area contributed by atoms with Crippen LogP contribution < -0.4 is 4.90 Å². The molecule has 0 radical (unpaired) electrons. The first kappa shape index (κ1) is 29.0. The summed E-state index contributed by atoms with van der Waals surface area (Å²) in [5, 5.41) is 9.98. The van der Waals surface area contributed by atoms with E-state index in [9.17, 15) is 24.4 Å². The number of esters is 1. The van der Waals surface area contributed by atoms with Crippen molar-refractivity contribution >= 4 is 64.2 Å². The number of pyridine rings is 1. The predicted octanol–water partition coefficient (Wildman–Crippen LogP) is 6.39. The molecule has 0 aliphatic carbocycles. The number of benzene rings is 3. The number of nitriles is 1. The van der Waals surface area contributed by atoms with Gasteiger partial charge in [0.05, 0.1) is 32.8 Å². The minimum atomic E-state index is -0.793. The van der Waals surface area contributed by atoms with E-state index in [1.54, 1.807) is 54.6 Å². The van der Waals surface area contributed by atoms with Crippen LogP contribution in [0.2, 0.25) is 10.0 Å². The smallest absolute Gasteiger partial charge is 0.338 e. The molecule has 0 saturated carbocycles. The fourth-order valence-electron chi connectivity index (χ4n) is 4.23. The number of rotatable bonds is 8. The second-order valence-electron chi connectivity index (χ2n) is 9.07. The summed E-state index contributed by atoms with van der Waals surface area (Å²) in [7, 11) is 0. The largest absolute Gasteiger partial charge is 0.454 e. The molecule has 1 aromatic heterocycles. The maximum absolute atomic E-state index is 13.3. The molecular formula is C31H19Cl2N3O5S. The molecule has 1 unspecified atom stereocenters. The zero-order valence-corrected chi connectivity index (χ0v) is 23.9. The van der Waals surface area contributed by atoms with E-state index in [1.807, 2.05) is 0 Å². The van der Waals surface area contributed by atoms with Gasteiger partial charge in [-0.2, -0.15) is 5.26 Å². The Hall–Kier alpha value is -4.49. The Labute approximate surface area is 254 Å². The number of hydrogen-bond acceptors (Lipinski definition) is 8. The Morgan fingerprint density at radius 1 is 0.976 bits per heavy atom. The minimum absolute atomic E-state index is 0.0881. The molecule has 11 heteroatoms. The number of anilines is 1. The molecule has 5 rings (SSSR count). The van der Waals surface area contributed by atoms with Crippen molar-refractivity contribution in [3.05, 3.63) is 112 Å². The van der Waals surface area contributed by atoms with E-state index in [4.69, 9.17) is 27.9 Å². The number of halogens is 2. The molecule has 4 aromatic rings. The number of Topliss-reactive ketones (excluding diaryl/α,β-unsaturated/α-hetero) is 1. The minimum Gasteiger partial charge on any atom is -0.454 e. The van der Waals surface area contributed by atoms with Crippen LogP contribution in [0.5, 0.6) is 0 Å². The molecule has 1 aliphatic heterocycles. The van der Waals surface area contributed by atoms with Crippen molar-refractivity contribution in [1.82, 2.24) is 4.98 Å². The van der Waals surface area contributed by atoms with Crippen LogP contribution in [0.15, 0.2) is 90.0 Å². The molecule has 42 heavy (non-hydrogen) atoms. The van der Waals surface area contributed by atoms with Gasteiger partial charge < -0.3 is 4.74 Å². The summed E-state index contributed by atoms with van der Waals surface area (Å²) in [6.07, 6.45) is -0.0881. The Morgan fingerprint density at radius 2 is 1.69 bits per heavy atom. The molecule has 3 aromatic carbocycles. The molecule has 2 heterocycles. The molecule has 1 aliphatic rings. The highest BCUT2D eigenvalue weighted by Gasteiger charge is 2.41. The molecule has 1 saturated heterocycles. The Kier molecular flexibility index (Phi) is 8.69. The number of amides is 2. The average molecular weight is 616 g/mol. The molecule has 8 nitrogen and oxygen atoms in total. The third kappa shape index (κ3) is 6.21. The van der Waals surface area contributed by atoms with Gasteiger partial charge in [0.25, 0.3) is 0 Å². The highest BCUT2D eigenvalue weighted by atomic mass is 35.5. The number of hydrogen-bond donors (Lipinski definition) is 0. The Balaban J connectivity index is 1.26. The van der Waals surface area contributed by atoms with Crippen LogP contribution in [-0.4, -0.2) is 40.4 Å². The molecular weight excluding hydrogens is 597 g/mol. The molecule has 1 fully saturated rings. The SMILES string of the molecule is N#Cc1ccc(-c2ccc(Cl)cc2)nc1SC1CC(=O)N(c2ccc(C(=O)OCC(=O)c3ccccc3Cl)cc2)C1=O. The summed E-state index contributed by atoms with van der Waals surface area (Å²) in [6.45, 7) is -0.496. The van der Waals surface area contributed by atoms with Gasteiger partial charge in [-0.15, -0.1) is 0 Å². The Morgan fingerprint density at radius 3 is 2.38 bits per heavy atom. The second kappa shape index (κ2) is 12.6. The van der Waals surface area contributed by atoms with Crippen LogP contribution in [0.1, 0.15) is 32.7 Å². The van der Waals surface area contributed by atoms with Gasteiger partial charge >= 0.3 is 5.97 Å². The lowest BCUT2D eigenvalue weighted by atomic mass is 10.1. The van der Waals surface area contributed by atoms with Gasteiger partial charge in [-0.05, 0) is 60.7 Å². The predicted molar refractivity (Wildman–Crippen MR) is 159 cm³/mol. The Bertz CT molecular complexity index is 1750. The number of imide groups is 1. The lowest BCUT2D eigenvalue weighted by Gasteiger charge is -2.15. The van der Waals surface area contributed by atoms with Crippen molar-refractivity contribution in [3.8, 4) is 17.3 Å². The normalized spacial score (nSPS) is 14.5. The second-order valence-corrected chi connectivity index (χ2v) is 11.1. The third-order valence-electron chi connectivity index (χ3n) is 6.35. The van der Waals surface area contributed by atoms with Crippen molar-refractivity contribution in [2.24, 2.45) is 0 Å². The molecule has 0 bridgehead atoms. The van der Waals surface area contributed by atoms with Crippen molar-refractivity contribution < 1.29 is 23.9 Å². The fraction of sp³-hybridized carbons (Fsp3) is 0.0968. The number of ketones is 1. The van der Waals surface area contributed by atoms with Gasteiger partial charge in [-0.25, -0.2) is 14.7 Å². The molecule has 0 N–H and O–H groups in total. The van der Waals surface area contributed by atoms with E-state index < -0.39 is 35.4 Å². The number of carbonyl (C=O) groups is 4. The van der Waals surface area contributed by atoms with Gasteiger partial charge in [0, 0.05) is 22.6 Å². The highest BCUT2D eigenvalue weighted by molar-refractivity contribution is 8.00. The van der Waals surface area contributed by atoms with E-state index in [1.165, 1.54) is 30.3 Å². The van der Waals surface area contributed by atoms with Gasteiger partial charge in [0.1, 0.15) is 11.1 Å². The fourth-order valence-corrected chi connectivity index (χ4v) is 5.69. The van der Waals surface area contributed by atoms with Crippen LogP contribution in [0.3, 0.4) is 0 Å². The van der Waals surface area contributed by atoms with Crippen molar-refractivity contribution in [2.45, 2.75) is 16.7 Å². The number of thioether (sulfide) groups is 1. The average Bonchev–Trinajstić information content (AvgIpc) is 3.28. The van der Waals surface area contributed by atoms with Crippen LogP contribution in [0.4, 0.5) is 5.69 Å². The highest BCUT2D eigenvalue weighted by Crippen LogP contribution is 2.36. The van der Waals surface area contributed by atoms with Crippen LogP contribution in [-0.2, 0) is 14.3 Å². The van der Waals surface area contributed by atoms with E-state index >= 15 is 0 Å². The quantitative estimate of drug-likeness (QED) is 0.127. The summed E-state index contributed by atoms with van der Waals surface area (Å²) < 4.78 is 5.12. The third-order valence-corrected chi connectivity index (χ3v) is 8.12. The van der Waals surface area contributed by atoms with Crippen LogP contribution >= 0.6 is 35.0 Å². The summed E-state index contributed by atoms with van der Waals surface area (Å²) >= 11 is 13.1. The maximum atomic E-state index is 13.3. The first-order chi connectivity index (χ1) is 20.2. The number of carbonyl (C=O) groups excluding carboxylic acids is 4. The first-order valence-electron chi connectivity index (χ1n) is 12.5. The first-order valence-corrected chi connectivity index (χ1v) is 14.1. The topological polar surface area (TPSA) is 117 Å². The maximum Gasteiger partial charge on any atom is 0.338 e. The molecule has 0 spiro atoms. The van der Waals surface area contributed by atoms with E-state index in [0.29, 0.717) is 15.7 Å². The van der Waals surface area contributed by atoms with Gasteiger partial charge in [-0.3, -0.25) is 14.4 Å². The summed E-state index contributed by atoms with van der Waals surface area (Å²) in [4.78, 5) is 56.6. The van der Waals surface area contributed by atoms with E-state index in [0.717, 1.165) is 22.2 Å². The molecule has 2 amide bonds. The monoisotopic (exact) mass is 615 g/mol. The van der Waals surface area contributed by atoms with Crippen molar-refractivity contribution in [2.75, 3.05) is 11.5 Å². The molecule has 208 valence electrons. The summed E-state index contributed by atoms with van der Waals surface area (Å²) in [5.74, 6) is -2.08. The zero-order valence-electron chi connectivity index (χ0n) is 21.6. The van der Waals surface area contributed by atoms with Gasteiger partial charge in [0.15, 0.2) is 6.61 Å². The summed E-state index contributed by atoms with van der Waals surface area (Å²) in [5.41, 5.74) is 2.32. The summed E-state index contributed by atoms with van der Waals surface area (Å²) in [6, 6.07) is 24.6. The molecule has 1 atom stereocenters. The lowest BCUT2D eigenvalue weighted by molar-refractivity contribution is -0.121. The van der Waals surface area contributed by atoms with Crippen LogP contribution in [0.25, 0.3) is 11.3 Å². The number of ether oxygens (including phenoxy) is 1.